The topological polar surface area (TPSA) is 83.4 Å². The monoisotopic (exact) mass is 349 g/mol. The number of benzene rings is 1. The molecule has 1 aromatic rings. The minimum atomic E-state index is -0.378. The summed E-state index contributed by atoms with van der Waals surface area (Å²) < 4.78 is 10.4. The van der Waals surface area contributed by atoms with Gasteiger partial charge in [-0.1, -0.05) is 24.4 Å². The van der Waals surface area contributed by atoms with Gasteiger partial charge in [-0.3, -0.25) is 4.79 Å². The minimum absolute atomic E-state index is 0.00197. The van der Waals surface area contributed by atoms with E-state index in [0.717, 1.165) is 25.7 Å². The highest BCUT2D eigenvalue weighted by molar-refractivity contribution is 6.32. The van der Waals surface area contributed by atoms with Crippen LogP contribution in [0.4, 0.5) is 5.69 Å². The number of carbonyl (C=O) groups is 1. The van der Waals surface area contributed by atoms with E-state index in [-0.39, 0.29) is 17.5 Å². The predicted molar refractivity (Wildman–Crippen MR) is 92.3 cm³/mol. The molecule has 0 radical (unpaired) electrons. The molecule has 0 bridgehead atoms. The van der Waals surface area contributed by atoms with E-state index in [1.54, 1.807) is 12.1 Å². The van der Waals surface area contributed by atoms with Crippen LogP contribution in [-0.2, 0) is 4.79 Å². The van der Waals surface area contributed by atoms with Crippen molar-refractivity contribution in [1.29, 1.82) is 5.26 Å². The molecule has 0 heterocycles. The van der Waals surface area contributed by atoms with Gasteiger partial charge in [-0.15, -0.1) is 0 Å². The molecule has 1 aromatic carbocycles. The average molecular weight is 350 g/mol. The molecule has 0 aliphatic heterocycles. The lowest BCUT2D eigenvalue weighted by Crippen LogP contribution is -2.33. The Morgan fingerprint density at radius 2 is 1.96 bits per heavy atom. The van der Waals surface area contributed by atoms with E-state index >= 15 is 0 Å². The van der Waals surface area contributed by atoms with Gasteiger partial charge >= 0.3 is 0 Å². The highest BCUT2D eigenvalue weighted by Gasteiger charge is 2.19. The van der Waals surface area contributed by atoms with Gasteiger partial charge in [0.1, 0.15) is 23.1 Å². The zero-order valence-electron chi connectivity index (χ0n) is 13.7. The fourth-order valence-electron chi connectivity index (χ4n) is 2.61. The van der Waals surface area contributed by atoms with Crippen LogP contribution in [0.2, 0.25) is 5.02 Å². The number of rotatable bonds is 6. The molecule has 2 N–H and O–H groups in total. The number of nitrogens with zero attached hydrogens (tertiary/aromatic N) is 1. The number of hydrogen-bond acceptors (Lipinski definition) is 5. The second-order valence-electron chi connectivity index (χ2n) is 5.46. The SMILES string of the molecule is COc1cc(N/C=C(/C#N)C(=O)NC2CCCC2)c(OC)cc1Cl. The molecule has 0 spiro atoms. The van der Waals surface area contributed by atoms with Gasteiger partial charge in [0.25, 0.3) is 5.91 Å². The Morgan fingerprint density at radius 1 is 1.29 bits per heavy atom. The predicted octanol–water partition coefficient (Wildman–Crippen LogP) is 3.24. The average Bonchev–Trinajstić information content (AvgIpc) is 3.09. The minimum Gasteiger partial charge on any atom is -0.495 e. The third-order valence-electron chi connectivity index (χ3n) is 3.90. The van der Waals surface area contributed by atoms with E-state index < -0.39 is 0 Å². The Balaban J connectivity index is 2.14. The number of anilines is 1. The number of ether oxygens (including phenoxy) is 2. The summed E-state index contributed by atoms with van der Waals surface area (Å²) in [6.45, 7) is 0. The number of nitriles is 1. The van der Waals surface area contributed by atoms with Crippen LogP contribution in [0.15, 0.2) is 23.9 Å². The number of nitrogens with one attached hydrogen (secondary N) is 2. The van der Waals surface area contributed by atoms with Crippen LogP contribution in [-0.4, -0.2) is 26.2 Å². The third-order valence-corrected chi connectivity index (χ3v) is 4.20. The Labute approximate surface area is 146 Å². The number of carbonyl (C=O) groups excluding carboxylic acids is 1. The zero-order chi connectivity index (χ0) is 17.5. The fourth-order valence-corrected chi connectivity index (χ4v) is 2.84. The first-order valence-electron chi connectivity index (χ1n) is 7.68. The lowest BCUT2D eigenvalue weighted by Gasteiger charge is -2.13. The van der Waals surface area contributed by atoms with Crippen LogP contribution in [0.25, 0.3) is 0 Å². The molecule has 0 saturated heterocycles. The number of hydrogen-bond donors (Lipinski definition) is 2. The van der Waals surface area contributed by atoms with Gasteiger partial charge in [-0.2, -0.15) is 5.26 Å². The van der Waals surface area contributed by atoms with Gasteiger partial charge in [-0.25, -0.2) is 0 Å². The van der Waals surface area contributed by atoms with Crippen molar-refractivity contribution in [3.8, 4) is 17.6 Å². The second kappa shape index (κ2) is 8.46. The first-order chi connectivity index (χ1) is 11.6. The molecule has 0 unspecified atom stereocenters. The van der Waals surface area contributed by atoms with Crippen molar-refractivity contribution >= 4 is 23.2 Å². The summed E-state index contributed by atoms with van der Waals surface area (Å²) in [5, 5.41) is 15.4. The smallest absolute Gasteiger partial charge is 0.263 e. The first-order valence-corrected chi connectivity index (χ1v) is 8.06. The Bertz CT molecular complexity index is 676. The van der Waals surface area contributed by atoms with E-state index in [0.29, 0.717) is 22.2 Å². The van der Waals surface area contributed by atoms with E-state index in [2.05, 4.69) is 10.6 Å². The van der Waals surface area contributed by atoms with Crippen LogP contribution < -0.4 is 20.1 Å². The molecule has 1 fully saturated rings. The third kappa shape index (κ3) is 4.33. The number of amides is 1. The summed E-state index contributed by atoms with van der Waals surface area (Å²) >= 11 is 6.05. The van der Waals surface area contributed by atoms with Crippen molar-refractivity contribution in [1.82, 2.24) is 5.32 Å². The van der Waals surface area contributed by atoms with Gasteiger partial charge in [0.05, 0.1) is 24.9 Å². The Kier molecular flexibility index (Phi) is 6.33. The maximum absolute atomic E-state index is 12.2. The molecule has 7 heteroatoms. The van der Waals surface area contributed by atoms with Gasteiger partial charge in [0, 0.05) is 24.4 Å². The number of methoxy groups -OCH3 is 2. The molecule has 1 aliphatic carbocycles. The van der Waals surface area contributed by atoms with Crippen LogP contribution in [0.1, 0.15) is 25.7 Å². The van der Waals surface area contributed by atoms with Crippen molar-refractivity contribution in [2.75, 3.05) is 19.5 Å². The highest BCUT2D eigenvalue weighted by Crippen LogP contribution is 2.35. The Morgan fingerprint density at radius 3 is 2.54 bits per heavy atom. The molecule has 24 heavy (non-hydrogen) atoms. The quantitative estimate of drug-likeness (QED) is 0.608. The largest absolute Gasteiger partial charge is 0.495 e. The molecule has 1 saturated carbocycles. The molecule has 1 aliphatic rings. The fraction of sp³-hybridized carbons (Fsp3) is 0.412. The van der Waals surface area contributed by atoms with E-state index in [1.165, 1.54) is 20.4 Å². The molecule has 1 amide bonds. The maximum Gasteiger partial charge on any atom is 0.263 e. The molecule has 6 nitrogen and oxygen atoms in total. The van der Waals surface area contributed by atoms with E-state index in [1.807, 2.05) is 6.07 Å². The van der Waals surface area contributed by atoms with Crippen molar-refractivity contribution in [3.05, 3.63) is 28.9 Å². The summed E-state index contributed by atoms with van der Waals surface area (Å²) in [4.78, 5) is 12.2. The summed E-state index contributed by atoms with van der Waals surface area (Å²) in [6, 6.07) is 5.30. The lowest BCUT2D eigenvalue weighted by molar-refractivity contribution is -0.117. The molecule has 128 valence electrons. The van der Waals surface area contributed by atoms with Crippen LogP contribution in [0.3, 0.4) is 0 Å². The van der Waals surface area contributed by atoms with Crippen LogP contribution in [0.5, 0.6) is 11.5 Å². The zero-order valence-corrected chi connectivity index (χ0v) is 14.4. The maximum atomic E-state index is 12.2. The van der Waals surface area contributed by atoms with E-state index in [4.69, 9.17) is 21.1 Å². The van der Waals surface area contributed by atoms with E-state index in [9.17, 15) is 10.1 Å². The first kappa shape index (κ1) is 18.0. The lowest BCUT2D eigenvalue weighted by atomic mass is 10.2. The second-order valence-corrected chi connectivity index (χ2v) is 5.86. The van der Waals surface area contributed by atoms with Gasteiger partial charge < -0.3 is 20.1 Å². The van der Waals surface area contributed by atoms with Crippen molar-refractivity contribution < 1.29 is 14.3 Å². The highest BCUT2D eigenvalue weighted by atomic mass is 35.5. The molecular formula is C17H20ClN3O3. The van der Waals surface area contributed by atoms with Gasteiger partial charge in [0.15, 0.2) is 0 Å². The van der Waals surface area contributed by atoms with Gasteiger partial charge in [-0.05, 0) is 12.8 Å². The van der Waals surface area contributed by atoms with Crippen molar-refractivity contribution in [2.24, 2.45) is 0 Å². The normalized spacial score (nSPS) is 14.8. The van der Waals surface area contributed by atoms with Crippen molar-refractivity contribution in [3.63, 3.8) is 0 Å². The molecule has 0 aromatic heterocycles. The van der Waals surface area contributed by atoms with Crippen molar-refractivity contribution in [2.45, 2.75) is 31.7 Å². The Hall–Kier alpha value is -2.39. The summed E-state index contributed by atoms with van der Waals surface area (Å²) in [5.41, 5.74) is 0.540. The molecule has 0 atom stereocenters. The molecular weight excluding hydrogens is 330 g/mol. The number of halogens is 1. The van der Waals surface area contributed by atoms with Crippen LogP contribution in [0, 0.1) is 11.3 Å². The van der Waals surface area contributed by atoms with Crippen LogP contribution >= 0.6 is 11.6 Å². The summed E-state index contributed by atoms with van der Waals surface area (Å²) in [7, 11) is 3.01. The summed E-state index contributed by atoms with van der Waals surface area (Å²) in [5.74, 6) is 0.560. The van der Waals surface area contributed by atoms with Gasteiger partial charge in [0.2, 0.25) is 0 Å². The summed E-state index contributed by atoms with van der Waals surface area (Å²) in [6.07, 6.45) is 5.49. The standard InChI is InChI=1S/C17H20ClN3O3/c1-23-15-8-14(16(24-2)7-13(15)18)20-10-11(9-19)17(22)21-12-5-3-4-6-12/h7-8,10,12,20H,3-6H2,1-2H3,(H,21,22)/b11-10-. The molecule has 2 rings (SSSR count).